The number of aromatic nitrogens is 3. The third kappa shape index (κ3) is 2.87. The maximum atomic E-state index is 12.7. The van der Waals surface area contributed by atoms with Crippen molar-refractivity contribution in [2.45, 2.75) is 19.5 Å². The van der Waals surface area contributed by atoms with E-state index in [2.05, 4.69) is 45.5 Å². The molecule has 27 heavy (non-hydrogen) atoms. The molecule has 132 valence electrons. The molecule has 0 unspecified atom stereocenters. The minimum Gasteiger partial charge on any atom is -0.331 e. The molecule has 5 heteroatoms. The van der Waals surface area contributed by atoms with Gasteiger partial charge in [0.25, 0.3) is 0 Å². The molecule has 1 aliphatic heterocycles. The van der Waals surface area contributed by atoms with E-state index in [1.807, 2.05) is 35.2 Å². The highest BCUT2D eigenvalue weighted by atomic mass is 16.2. The summed E-state index contributed by atoms with van der Waals surface area (Å²) in [6.07, 6.45) is 2.12. The highest BCUT2D eigenvalue weighted by Gasteiger charge is 2.28. The van der Waals surface area contributed by atoms with Crippen LogP contribution in [0.1, 0.15) is 17.0 Å². The molecular formula is C22H18N4O. The summed E-state index contributed by atoms with van der Waals surface area (Å²) in [5.74, 6) is 0.108. The van der Waals surface area contributed by atoms with Gasteiger partial charge in [0.2, 0.25) is 5.91 Å². The van der Waals surface area contributed by atoms with E-state index in [1.54, 1.807) is 6.20 Å². The number of benzene rings is 2. The SMILES string of the molecule is O=C1Cc2c(-c3ccc4ccccc4c3)n[nH]c2CN1Cc1ccccn1. The van der Waals surface area contributed by atoms with Gasteiger partial charge < -0.3 is 4.90 Å². The Morgan fingerprint density at radius 3 is 2.70 bits per heavy atom. The summed E-state index contributed by atoms with van der Waals surface area (Å²) < 4.78 is 0. The number of carbonyl (C=O) groups excluding carboxylic acids is 1. The number of nitrogens with zero attached hydrogens (tertiary/aromatic N) is 3. The molecule has 0 spiro atoms. The van der Waals surface area contributed by atoms with Crippen molar-refractivity contribution in [3.05, 3.63) is 83.8 Å². The number of pyridine rings is 1. The van der Waals surface area contributed by atoms with Crippen LogP contribution in [0.4, 0.5) is 0 Å². The van der Waals surface area contributed by atoms with E-state index in [0.717, 1.165) is 28.2 Å². The highest BCUT2D eigenvalue weighted by molar-refractivity contribution is 5.89. The fourth-order valence-corrected chi connectivity index (χ4v) is 3.67. The monoisotopic (exact) mass is 354 g/mol. The van der Waals surface area contributed by atoms with E-state index in [9.17, 15) is 4.79 Å². The van der Waals surface area contributed by atoms with Crippen molar-refractivity contribution >= 4 is 16.7 Å². The lowest BCUT2D eigenvalue weighted by molar-refractivity contribution is -0.132. The number of nitrogens with one attached hydrogen (secondary N) is 1. The lowest BCUT2D eigenvalue weighted by Gasteiger charge is -2.26. The van der Waals surface area contributed by atoms with Gasteiger partial charge in [0.15, 0.2) is 0 Å². The van der Waals surface area contributed by atoms with Gasteiger partial charge in [-0.3, -0.25) is 14.9 Å². The molecule has 0 aliphatic carbocycles. The minimum atomic E-state index is 0.108. The quantitative estimate of drug-likeness (QED) is 0.610. The summed E-state index contributed by atoms with van der Waals surface area (Å²) in [5.41, 5.74) is 4.82. The van der Waals surface area contributed by atoms with Crippen LogP contribution in [0.25, 0.3) is 22.0 Å². The largest absolute Gasteiger partial charge is 0.331 e. The molecule has 0 fully saturated rings. The van der Waals surface area contributed by atoms with E-state index >= 15 is 0 Å². The Balaban J connectivity index is 1.46. The Hall–Kier alpha value is -3.47. The molecule has 0 radical (unpaired) electrons. The van der Waals surface area contributed by atoms with E-state index in [4.69, 9.17) is 0 Å². The van der Waals surface area contributed by atoms with Crippen LogP contribution in [-0.4, -0.2) is 26.0 Å². The van der Waals surface area contributed by atoms with Crippen LogP contribution < -0.4 is 0 Å². The number of H-pyrrole nitrogens is 1. The predicted molar refractivity (Wildman–Crippen MR) is 104 cm³/mol. The van der Waals surface area contributed by atoms with Crippen molar-refractivity contribution in [1.82, 2.24) is 20.1 Å². The number of rotatable bonds is 3. The van der Waals surface area contributed by atoms with Crippen molar-refractivity contribution in [2.75, 3.05) is 0 Å². The zero-order valence-electron chi connectivity index (χ0n) is 14.7. The molecule has 0 saturated heterocycles. The average molecular weight is 354 g/mol. The second-order valence-electron chi connectivity index (χ2n) is 6.84. The number of amides is 1. The molecule has 2 aromatic carbocycles. The fraction of sp³-hybridized carbons (Fsp3) is 0.136. The lowest BCUT2D eigenvalue weighted by Crippen LogP contribution is -2.35. The molecule has 3 heterocycles. The summed E-state index contributed by atoms with van der Waals surface area (Å²) >= 11 is 0. The second kappa shape index (κ2) is 6.36. The molecule has 0 atom stereocenters. The Labute approximate surface area is 156 Å². The van der Waals surface area contributed by atoms with Crippen LogP contribution in [0.3, 0.4) is 0 Å². The van der Waals surface area contributed by atoms with Gasteiger partial charge in [0.1, 0.15) is 0 Å². The number of fused-ring (bicyclic) bond motifs is 2. The number of hydrogen-bond donors (Lipinski definition) is 1. The molecule has 1 aliphatic rings. The third-order valence-corrected chi connectivity index (χ3v) is 5.08. The smallest absolute Gasteiger partial charge is 0.227 e. The molecule has 0 bridgehead atoms. The van der Waals surface area contributed by atoms with E-state index in [0.29, 0.717) is 19.5 Å². The third-order valence-electron chi connectivity index (χ3n) is 5.08. The maximum absolute atomic E-state index is 12.7. The van der Waals surface area contributed by atoms with Crippen molar-refractivity contribution in [2.24, 2.45) is 0 Å². The van der Waals surface area contributed by atoms with Gasteiger partial charge in [-0.15, -0.1) is 0 Å². The fourth-order valence-electron chi connectivity index (χ4n) is 3.67. The standard InChI is InChI=1S/C22H18N4O/c27-21-12-19-20(14-26(21)13-18-7-3-4-10-23-18)24-25-22(19)17-9-8-15-5-1-2-6-16(15)11-17/h1-11H,12-14H2,(H,24,25). The van der Waals surface area contributed by atoms with Gasteiger partial charge in [-0.05, 0) is 29.0 Å². The molecule has 2 aromatic heterocycles. The van der Waals surface area contributed by atoms with Gasteiger partial charge in [-0.25, -0.2) is 0 Å². The lowest BCUT2D eigenvalue weighted by atomic mass is 9.97. The number of aromatic amines is 1. The van der Waals surface area contributed by atoms with E-state index < -0.39 is 0 Å². The summed E-state index contributed by atoms with van der Waals surface area (Å²) in [6.45, 7) is 1.05. The first-order valence-corrected chi connectivity index (χ1v) is 9.01. The normalized spacial score (nSPS) is 13.8. The molecule has 5 rings (SSSR count). The minimum absolute atomic E-state index is 0.108. The molecule has 0 saturated carbocycles. The second-order valence-corrected chi connectivity index (χ2v) is 6.84. The van der Waals surface area contributed by atoms with Gasteiger partial charge >= 0.3 is 0 Å². The molecule has 5 nitrogen and oxygen atoms in total. The van der Waals surface area contributed by atoms with Gasteiger partial charge in [0.05, 0.1) is 36.6 Å². The number of carbonyl (C=O) groups is 1. The summed E-state index contributed by atoms with van der Waals surface area (Å²) in [5, 5.41) is 10.0. The van der Waals surface area contributed by atoms with Gasteiger partial charge in [-0.1, -0.05) is 42.5 Å². The van der Waals surface area contributed by atoms with Crippen LogP contribution >= 0.6 is 0 Å². The predicted octanol–water partition coefficient (Wildman–Crippen LogP) is 3.71. The topological polar surface area (TPSA) is 61.9 Å². The first-order valence-electron chi connectivity index (χ1n) is 9.01. The first-order chi connectivity index (χ1) is 13.3. The highest BCUT2D eigenvalue weighted by Crippen LogP contribution is 2.31. The van der Waals surface area contributed by atoms with Crippen LogP contribution in [-0.2, 0) is 24.3 Å². The van der Waals surface area contributed by atoms with Crippen molar-refractivity contribution in [1.29, 1.82) is 0 Å². The van der Waals surface area contributed by atoms with E-state index in [1.165, 1.54) is 10.8 Å². The zero-order chi connectivity index (χ0) is 18.2. The van der Waals surface area contributed by atoms with Crippen molar-refractivity contribution < 1.29 is 4.79 Å². The Kier molecular flexibility index (Phi) is 3.71. The first kappa shape index (κ1) is 15.8. The van der Waals surface area contributed by atoms with Gasteiger partial charge in [0, 0.05) is 17.3 Å². The Bertz CT molecular complexity index is 1130. The zero-order valence-corrected chi connectivity index (χ0v) is 14.7. The van der Waals surface area contributed by atoms with Crippen LogP contribution in [0.5, 0.6) is 0 Å². The van der Waals surface area contributed by atoms with Crippen LogP contribution in [0.15, 0.2) is 66.9 Å². The Morgan fingerprint density at radius 2 is 1.85 bits per heavy atom. The summed E-state index contributed by atoms with van der Waals surface area (Å²) in [7, 11) is 0. The van der Waals surface area contributed by atoms with Crippen molar-refractivity contribution in [3.8, 4) is 11.3 Å². The van der Waals surface area contributed by atoms with Gasteiger partial charge in [-0.2, -0.15) is 5.10 Å². The summed E-state index contributed by atoms with van der Waals surface area (Å²) in [6, 6.07) is 20.3. The van der Waals surface area contributed by atoms with Crippen LogP contribution in [0, 0.1) is 0 Å². The summed E-state index contributed by atoms with van der Waals surface area (Å²) in [4.78, 5) is 18.9. The Morgan fingerprint density at radius 1 is 1.00 bits per heavy atom. The molecule has 1 amide bonds. The number of hydrogen-bond acceptors (Lipinski definition) is 3. The molecule has 1 N–H and O–H groups in total. The molecular weight excluding hydrogens is 336 g/mol. The maximum Gasteiger partial charge on any atom is 0.227 e. The van der Waals surface area contributed by atoms with Crippen LogP contribution in [0.2, 0.25) is 0 Å². The van der Waals surface area contributed by atoms with E-state index in [-0.39, 0.29) is 5.91 Å². The molecule has 4 aromatic rings. The average Bonchev–Trinajstić information content (AvgIpc) is 3.11. The van der Waals surface area contributed by atoms with Crippen molar-refractivity contribution in [3.63, 3.8) is 0 Å².